The van der Waals surface area contributed by atoms with Crippen LogP contribution in [0.3, 0.4) is 0 Å². The fourth-order valence-corrected chi connectivity index (χ4v) is 13.5. The fourth-order valence-electron chi connectivity index (χ4n) is 11.6. The number of rotatable bonds is 21. The number of methoxy groups -OCH3 is 3. The van der Waals surface area contributed by atoms with Crippen LogP contribution < -0.4 is 46.2 Å². The Balaban J connectivity index is 0.000000175. The number of carbonyl (C=O) groups is 7. The Bertz CT molecular complexity index is 6520. The highest BCUT2D eigenvalue weighted by Gasteiger charge is 2.36. The average molecular weight is 1970 g/mol. The van der Waals surface area contributed by atoms with Gasteiger partial charge in [0.1, 0.15) is 48.3 Å². The summed E-state index contributed by atoms with van der Waals surface area (Å²) in [4.78, 5) is 145. The maximum atomic E-state index is 13.3. The summed E-state index contributed by atoms with van der Waals surface area (Å²) in [5.41, 5.74) is 4.67. The van der Waals surface area contributed by atoms with E-state index in [4.69, 9.17) is 146 Å². The lowest BCUT2D eigenvalue weighted by Crippen LogP contribution is -2.45. The molecule has 39 heteroatoms. The van der Waals surface area contributed by atoms with E-state index < -0.39 is 46.9 Å². The van der Waals surface area contributed by atoms with Crippen LogP contribution in [0.1, 0.15) is 114 Å². The Labute approximate surface area is 790 Å². The summed E-state index contributed by atoms with van der Waals surface area (Å²) in [7, 11) is 3.81. The SMILES string of the molecule is COC(=O)c1cccc(=O)[nH]1.COC(=O)c1cccc(=O)n1Cc1cc(Cl)ccc1Cl.COC(=O)c1cccc(OCc2cc(Cl)ccc2Cl)n1.O=C(O)c1cccc(=O)[nH]1.O=C(O)c1cccc(=O)n1Cc1cc(Cl)ccc1Cl.O=C(O)c1cccc(OCc2cc(Cl)ccc2Cl)n1.O=C(c1cccc(OCc2cc(Cl)ccc2Cl)n1)N1CCN(C2CC2)c2ccccc21. The van der Waals surface area contributed by atoms with E-state index in [9.17, 15) is 52.7 Å². The minimum absolute atomic E-state index is 0.0562. The van der Waals surface area contributed by atoms with Gasteiger partial charge in [0.05, 0.1) is 45.8 Å². The highest BCUT2D eigenvalue weighted by molar-refractivity contribution is 6.36. The number of H-pyrrole nitrogens is 2. The second kappa shape index (κ2) is 49.5. The van der Waals surface area contributed by atoms with E-state index in [1.54, 1.807) is 140 Å². The summed E-state index contributed by atoms with van der Waals surface area (Å²) in [5, 5.41) is 31.5. The molecular weight excluding hydrogens is 1890 g/mol. The summed E-state index contributed by atoms with van der Waals surface area (Å²) in [5.74, 6) is -4.28. The van der Waals surface area contributed by atoms with Crippen molar-refractivity contribution in [1.82, 2.24) is 34.1 Å². The van der Waals surface area contributed by atoms with Gasteiger partial charge in [-0.25, -0.2) is 43.7 Å². The van der Waals surface area contributed by atoms with Gasteiger partial charge in [0, 0.05) is 129 Å². The quantitative estimate of drug-likeness (QED) is 0.0329. The lowest BCUT2D eigenvalue weighted by Gasteiger charge is -2.37. The van der Waals surface area contributed by atoms with Crippen LogP contribution in [0.5, 0.6) is 17.6 Å². The highest BCUT2D eigenvalue weighted by Crippen LogP contribution is 2.41. The molecule has 1 fully saturated rings. The zero-order valence-electron chi connectivity index (χ0n) is 68.2. The molecule has 7 aromatic heterocycles. The second-order valence-corrected chi connectivity index (χ2v) is 31.1. The molecule has 0 saturated heterocycles. The predicted octanol–water partition coefficient (Wildman–Crippen LogP) is 19.1. The van der Waals surface area contributed by atoms with Crippen LogP contribution in [0.4, 0.5) is 11.4 Å². The minimum Gasteiger partial charge on any atom is -0.477 e. The molecule has 672 valence electrons. The minimum atomic E-state index is -1.17. The molecule has 1 aliphatic heterocycles. The highest BCUT2D eigenvalue weighted by atomic mass is 35.5. The topological polar surface area (TPSA) is 390 Å². The Kier molecular flexibility index (Phi) is 38.3. The van der Waals surface area contributed by atoms with Crippen molar-refractivity contribution >= 4 is 169 Å². The zero-order chi connectivity index (χ0) is 94.3. The average Bonchev–Trinajstić information content (AvgIpc) is 1.54. The Morgan fingerprint density at radius 2 is 0.731 bits per heavy atom. The number of aromatic nitrogens is 7. The Morgan fingerprint density at radius 3 is 1.15 bits per heavy atom. The first-order valence-corrected chi connectivity index (χ1v) is 41.9. The number of pyridine rings is 7. The van der Waals surface area contributed by atoms with Gasteiger partial charge in [-0.2, -0.15) is 0 Å². The number of halogens is 10. The number of anilines is 2. The van der Waals surface area contributed by atoms with Crippen molar-refractivity contribution in [3.63, 3.8) is 0 Å². The van der Waals surface area contributed by atoms with E-state index in [0.29, 0.717) is 97.0 Å². The van der Waals surface area contributed by atoms with Crippen molar-refractivity contribution in [3.05, 3.63) is 402 Å². The molecule has 15 rings (SSSR count). The maximum Gasteiger partial charge on any atom is 0.356 e. The first-order valence-electron chi connectivity index (χ1n) is 38.1. The van der Waals surface area contributed by atoms with Gasteiger partial charge in [-0.1, -0.05) is 171 Å². The number of carboxylic acids is 3. The molecule has 6 aromatic carbocycles. The van der Waals surface area contributed by atoms with Gasteiger partial charge in [0.2, 0.25) is 28.8 Å². The number of ether oxygens (including phenoxy) is 6. The van der Waals surface area contributed by atoms with E-state index in [2.05, 4.69) is 50.1 Å². The van der Waals surface area contributed by atoms with Crippen molar-refractivity contribution in [2.45, 2.75) is 51.8 Å². The number of nitrogens with one attached hydrogen (secondary N) is 2. The summed E-state index contributed by atoms with van der Waals surface area (Å²) >= 11 is 59.9. The number of amides is 1. The number of aromatic amines is 2. The van der Waals surface area contributed by atoms with Gasteiger partial charge in [-0.3, -0.25) is 33.1 Å². The third-order valence-corrected chi connectivity index (χ3v) is 21.0. The number of benzene rings is 6. The fraction of sp³-hybridized carbons (Fsp3) is 0.143. The standard InChI is InChI=1S/C24H21Cl2N3O2.2C14H11Cl2NO3.2C13H9Cl2NO3.C7H7NO3.C6H5NO3/c25-17-8-11-19(26)16(14-17)15-31-23-7-3-4-20(27-23)24(30)29-13-12-28(18-9-10-18)21-5-1-2-6-22(21)29;1-19-14(18)12-3-2-4-13(17-12)20-8-9-7-10(15)5-6-11(9)16;1-20-14(19)12-3-2-4-13(18)17(12)8-9-7-10(15)5-6-11(9)16;14-9-4-5-10(15)8(6-9)7-19-12-3-1-2-11(16-12)13(17)18;14-9-4-5-10(15)8(6-9)7-16-11(13(18)19)2-1-3-12(16)17;1-11-7(10)5-3-2-4-6(9)8-5;8-5-3-1-2-4(7-5)6(9)10/h1-8,11,14,18H,9-10,12-13,15H2;2*2-7H,8H2,1H3;1-6H,7H2,(H,17,18);1-6H,7H2,(H,18,19);2-4H,1H3,(H,8,9);1-3H,(H,7,8)(H,9,10). The number of nitrogens with zero attached hydrogens (tertiary/aromatic N) is 7. The van der Waals surface area contributed by atoms with E-state index in [1.807, 2.05) is 23.1 Å². The lowest BCUT2D eigenvalue weighted by atomic mass is 10.1. The molecule has 1 saturated carbocycles. The molecule has 130 heavy (non-hydrogen) atoms. The molecule has 1 aliphatic carbocycles. The molecule has 0 spiro atoms. The molecule has 0 bridgehead atoms. The smallest absolute Gasteiger partial charge is 0.356 e. The molecule has 0 radical (unpaired) electrons. The summed E-state index contributed by atoms with van der Waals surface area (Å²) in [6, 6.07) is 65.2. The molecule has 2 aliphatic rings. The van der Waals surface area contributed by atoms with Crippen LogP contribution >= 0.6 is 116 Å². The van der Waals surface area contributed by atoms with Crippen LogP contribution in [0, 0.1) is 0 Å². The molecular formula is C91H73Cl10N9O20. The van der Waals surface area contributed by atoms with Crippen LogP contribution in [0.15, 0.2) is 262 Å². The van der Waals surface area contributed by atoms with E-state index >= 15 is 0 Å². The number of hydrogen-bond donors (Lipinski definition) is 5. The number of esters is 3. The lowest BCUT2D eigenvalue weighted by molar-refractivity contribution is 0.0580. The van der Waals surface area contributed by atoms with Gasteiger partial charge in [0.15, 0.2) is 11.4 Å². The maximum absolute atomic E-state index is 13.3. The van der Waals surface area contributed by atoms with Crippen molar-refractivity contribution in [1.29, 1.82) is 0 Å². The number of fused-ring (bicyclic) bond motifs is 1. The van der Waals surface area contributed by atoms with E-state index in [1.165, 1.54) is 118 Å². The Morgan fingerprint density at radius 1 is 0.362 bits per heavy atom. The number of para-hydroxylation sites is 2. The molecule has 0 atom stereocenters. The number of aromatic carboxylic acids is 3. The van der Waals surface area contributed by atoms with Crippen LogP contribution in [0.25, 0.3) is 0 Å². The first kappa shape index (κ1) is 101. The largest absolute Gasteiger partial charge is 0.477 e. The van der Waals surface area contributed by atoms with Crippen molar-refractivity contribution in [2.75, 3.05) is 44.2 Å². The monoisotopic (exact) mass is 1960 g/mol. The third-order valence-electron chi connectivity index (χ3n) is 18.0. The summed E-state index contributed by atoms with van der Waals surface area (Å²) < 4.78 is 32.8. The molecule has 5 N–H and O–H groups in total. The van der Waals surface area contributed by atoms with Gasteiger partial charge >= 0.3 is 35.8 Å². The normalized spacial score (nSPS) is 11.4. The number of hydrogen-bond acceptors (Lipinski definition) is 21. The number of carbonyl (C=O) groups excluding carboxylic acids is 4. The summed E-state index contributed by atoms with van der Waals surface area (Å²) in [6.07, 6.45) is 2.44. The van der Waals surface area contributed by atoms with Crippen LogP contribution in [-0.4, -0.2) is 132 Å². The van der Waals surface area contributed by atoms with Gasteiger partial charge in [-0.05, 0) is 170 Å². The predicted molar refractivity (Wildman–Crippen MR) is 495 cm³/mol. The zero-order valence-corrected chi connectivity index (χ0v) is 75.8. The molecule has 8 heterocycles. The molecule has 13 aromatic rings. The second-order valence-electron chi connectivity index (χ2n) is 26.9. The van der Waals surface area contributed by atoms with Crippen molar-refractivity contribution in [2.24, 2.45) is 0 Å². The van der Waals surface area contributed by atoms with Crippen LogP contribution in [-0.2, 0) is 47.1 Å². The van der Waals surface area contributed by atoms with Crippen molar-refractivity contribution < 1.29 is 77.3 Å². The number of carboxylic acid groups (broad SMARTS) is 3. The summed E-state index contributed by atoms with van der Waals surface area (Å²) in [6.45, 7) is 2.25. The Hall–Kier alpha value is -13.0. The molecule has 29 nitrogen and oxygen atoms in total. The molecule has 0 unspecified atom stereocenters. The third kappa shape index (κ3) is 30.3. The van der Waals surface area contributed by atoms with Gasteiger partial charge in [-0.15, -0.1) is 0 Å². The van der Waals surface area contributed by atoms with Crippen molar-refractivity contribution in [3.8, 4) is 17.6 Å². The van der Waals surface area contributed by atoms with E-state index in [-0.39, 0.29) is 90.0 Å². The van der Waals surface area contributed by atoms with Gasteiger partial charge < -0.3 is 63.5 Å². The first-order chi connectivity index (χ1) is 62.2. The van der Waals surface area contributed by atoms with Crippen LogP contribution in [0.2, 0.25) is 50.2 Å². The molecule has 1 amide bonds. The van der Waals surface area contributed by atoms with E-state index in [0.717, 1.165) is 33.6 Å². The van der Waals surface area contributed by atoms with Gasteiger partial charge in [0.25, 0.3) is 17.0 Å².